The van der Waals surface area contributed by atoms with E-state index in [4.69, 9.17) is 0 Å². The molecule has 0 spiro atoms. The fourth-order valence-corrected chi connectivity index (χ4v) is 4.93. The maximum absolute atomic E-state index is 13.2. The van der Waals surface area contributed by atoms with Crippen molar-refractivity contribution in [2.75, 3.05) is 4.31 Å². The van der Waals surface area contributed by atoms with Gasteiger partial charge in [-0.1, -0.05) is 6.92 Å². The van der Waals surface area contributed by atoms with Crippen LogP contribution in [0.3, 0.4) is 0 Å². The van der Waals surface area contributed by atoms with Gasteiger partial charge in [0.15, 0.2) is 0 Å². The Hall–Kier alpha value is -2.41. The summed E-state index contributed by atoms with van der Waals surface area (Å²) in [6.45, 7) is 5.75. The maximum atomic E-state index is 13.2. The van der Waals surface area contributed by atoms with Gasteiger partial charge in [-0.05, 0) is 74.7 Å². The zero-order chi connectivity index (χ0) is 19.8. The average molecular weight is 390 g/mol. The third kappa shape index (κ3) is 3.69. The van der Waals surface area contributed by atoms with Gasteiger partial charge in [0.05, 0.1) is 10.6 Å². The van der Waals surface area contributed by atoms with E-state index in [0.29, 0.717) is 17.7 Å². The van der Waals surface area contributed by atoms with Crippen LogP contribution in [-0.2, 0) is 16.4 Å². The van der Waals surface area contributed by atoms with Crippen LogP contribution in [0.1, 0.15) is 43.1 Å². The molecule has 1 heterocycles. The highest BCUT2D eigenvalue weighted by molar-refractivity contribution is 7.92. The van der Waals surface area contributed by atoms with E-state index in [1.807, 2.05) is 20.8 Å². The standard InChI is InChI=1S/C20H23FN2O3S/c1-4-13(2)22-20(24)15-5-10-19-16(12-15)11-14(3)23(19)27(25,26)18-8-6-17(21)7-9-18/h5-10,12-14H,4,11H2,1-3H3,(H,22,24)/t13-,14-/m1/s1. The molecule has 0 aliphatic carbocycles. The number of rotatable bonds is 5. The van der Waals surface area contributed by atoms with Crippen molar-refractivity contribution in [3.05, 3.63) is 59.4 Å². The number of benzene rings is 2. The molecule has 0 bridgehead atoms. The van der Waals surface area contributed by atoms with Crippen molar-refractivity contribution in [3.63, 3.8) is 0 Å². The first-order chi connectivity index (χ1) is 12.7. The van der Waals surface area contributed by atoms with Crippen LogP contribution in [0, 0.1) is 5.82 Å². The SMILES string of the molecule is CC[C@@H](C)NC(=O)c1ccc2c(c1)C[C@@H](C)N2S(=O)(=O)c1ccc(F)cc1. The second kappa shape index (κ2) is 7.31. The predicted molar refractivity (Wildman–Crippen MR) is 103 cm³/mol. The summed E-state index contributed by atoms with van der Waals surface area (Å²) in [7, 11) is -3.81. The second-order valence-corrected chi connectivity index (χ2v) is 8.75. The number of nitrogens with one attached hydrogen (secondary N) is 1. The van der Waals surface area contributed by atoms with Gasteiger partial charge in [0, 0.05) is 17.6 Å². The third-order valence-corrected chi connectivity index (χ3v) is 6.80. The van der Waals surface area contributed by atoms with Crippen LogP contribution in [0.5, 0.6) is 0 Å². The van der Waals surface area contributed by atoms with Crippen molar-refractivity contribution in [1.82, 2.24) is 5.32 Å². The number of sulfonamides is 1. The minimum absolute atomic E-state index is 0.0437. The van der Waals surface area contributed by atoms with Gasteiger partial charge in [-0.15, -0.1) is 0 Å². The summed E-state index contributed by atoms with van der Waals surface area (Å²) >= 11 is 0. The summed E-state index contributed by atoms with van der Waals surface area (Å²) in [6.07, 6.45) is 1.34. The highest BCUT2D eigenvalue weighted by atomic mass is 32.2. The Morgan fingerprint density at radius 2 is 1.93 bits per heavy atom. The van der Waals surface area contributed by atoms with Gasteiger partial charge in [0.25, 0.3) is 15.9 Å². The van der Waals surface area contributed by atoms with E-state index in [1.165, 1.54) is 16.4 Å². The Morgan fingerprint density at radius 1 is 1.26 bits per heavy atom. The number of hydrogen-bond donors (Lipinski definition) is 1. The molecule has 0 saturated carbocycles. The highest BCUT2D eigenvalue weighted by Crippen LogP contribution is 2.37. The quantitative estimate of drug-likeness (QED) is 0.850. The molecule has 0 unspecified atom stereocenters. The lowest BCUT2D eigenvalue weighted by Crippen LogP contribution is -2.35. The molecule has 2 atom stereocenters. The zero-order valence-corrected chi connectivity index (χ0v) is 16.4. The van der Waals surface area contributed by atoms with Gasteiger partial charge in [-0.2, -0.15) is 0 Å². The maximum Gasteiger partial charge on any atom is 0.264 e. The Kier molecular flexibility index (Phi) is 5.24. The Labute approximate surface area is 159 Å². The molecule has 5 nitrogen and oxygen atoms in total. The van der Waals surface area contributed by atoms with Crippen molar-refractivity contribution in [3.8, 4) is 0 Å². The summed E-state index contributed by atoms with van der Waals surface area (Å²) < 4.78 is 40.6. The van der Waals surface area contributed by atoms with E-state index < -0.39 is 15.8 Å². The monoisotopic (exact) mass is 390 g/mol. The van der Waals surface area contributed by atoms with Crippen LogP contribution < -0.4 is 9.62 Å². The zero-order valence-electron chi connectivity index (χ0n) is 15.6. The molecule has 7 heteroatoms. The molecule has 3 rings (SSSR count). The van der Waals surface area contributed by atoms with Gasteiger partial charge >= 0.3 is 0 Å². The molecular formula is C20H23FN2O3S. The smallest absolute Gasteiger partial charge is 0.264 e. The first kappa shape index (κ1) is 19.4. The van der Waals surface area contributed by atoms with Crippen LogP contribution in [0.4, 0.5) is 10.1 Å². The molecule has 0 fully saturated rings. The molecule has 1 aliphatic rings. The van der Waals surface area contributed by atoms with Crippen LogP contribution in [0.15, 0.2) is 47.4 Å². The fourth-order valence-electron chi connectivity index (χ4n) is 3.24. The second-order valence-electron chi connectivity index (χ2n) is 6.93. The number of carbonyl (C=O) groups is 1. The summed E-state index contributed by atoms with van der Waals surface area (Å²) in [5, 5.41) is 2.91. The molecule has 144 valence electrons. The first-order valence-corrected chi connectivity index (χ1v) is 10.4. The number of hydrogen-bond acceptors (Lipinski definition) is 3. The summed E-state index contributed by atoms with van der Waals surface area (Å²) in [6, 6.07) is 9.65. The summed E-state index contributed by atoms with van der Waals surface area (Å²) in [5.41, 5.74) is 1.89. The molecule has 0 radical (unpaired) electrons. The van der Waals surface area contributed by atoms with Gasteiger partial charge in [-0.25, -0.2) is 12.8 Å². The van der Waals surface area contributed by atoms with Crippen molar-refractivity contribution in [2.45, 2.75) is 50.6 Å². The molecule has 2 aromatic carbocycles. The number of anilines is 1. The van der Waals surface area contributed by atoms with Crippen LogP contribution in [0.25, 0.3) is 0 Å². The van der Waals surface area contributed by atoms with Gasteiger partial charge < -0.3 is 5.32 Å². The van der Waals surface area contributed by atoms with Gasteiger partial charge in [0.2, 0.25) is 0 Å². The van der Waals surface area contributed by atoms with E-state index >= 15 is 0 Å². The Bertz CT molecular complexity index is 958. The average Bonchev–Trinajstić information content (AvgIpc) is 2.97. The number of amides is 1. The number of halogens is 1. The predicted octanol–water partition coefficient (Wildman–Crippen LogP) is 3.49. The van der Waals surface area contributed by atoms with E-state index in [9.17, 15) is 17.6 Å². The number of carbonyl (C=O) groups excluding carboxylic acids is 1. The minimum atomic E-state index is -3.81. The number of nitrogens with zero attached hydrogens (tertiary/aromatic N) is 1. The van der Waals surface area contributed by atoms with Crippen molar-refractivity contribution in [2.24, 2.45) is 0 Å². The molecule has 1 N–H and O–H groups in total. The topological polar surface area (TPSA) is 66.5 Å². The lowest BCUT2D eigenvalue weighted by Gasteiger charge is -2.24. The molecule has 0 aromatic heterocycles. The molecule has 27 heavy (non-hydrogen) atoms. The summed E-state index contributed by atoms with van der Waals surface area (Å²) in [5.74, 6) is -0.652. The van der Waals surface area contributed by atoms with E-state index in [1.54, 1.807) is 18.2 Å². The molecule has 1 aliphatic heterocycles. The minimum Gasteiger partial charge on any atom is -0.350 e. The van der Waals surface area contributed by atoms with Crippen LogP contribution in [0.2, 0.25) is 0 Å². The first-order valence-electron chi connectivity index (χ1n) is 8.97. The Balaban J connectivity index is 1.94. The third-order valence-electron chi connectivity index (χ3n) is 4.86. The molecule has 0 saturated heterocycles. The van der Waals surface area contributed by atoms with Crippen LogP contribution in [-0.4, -0.2) is 26.4 Å². The lowest BCUT2D eigenvalue weighted by atomic mass is 10.1. The van der Waals surface area contributed by atoms with E-state index in [0.717, 1.165) is 24.1 Å². The van der Waals surface area contributed by atoms with E-state index in [-0.39, 0.29) is 22.9 Å². The number of fused-ring (bicyclic) bond motifs is 1. The normalized spacial score (nSPS) is 17.5. The van der Waals surface area contributed by atoms with Gasteiger partial charge in [-0.3, -0.25) is 9.10 Å². The van der Waals surface area contributed by atoms with E-state index in [2.05, 4.69) is 5.32 Å². The largest absolute Gasteiger partial charge is 0.350 e. The molecule has 1 amide bonds. The van der Waals surface area contributed by atoms with Gasteiger partial charge in [0.1, 0.15) is 5.82 Å². The molecule has 2 aromatic rings. The molecular weight excluding hydrogens is 367 g/mol. The Morgan fingerprint density at radius 3 is 2.56 bits per heavy atom. The fraction of sp³-hybridized carbons (Fsp3) is 0.350. The van der Waals surface area contributed by atoms with Crippen LogP contribution >= 0.6 is 0 Å². The highest BCUT2D eigenvalue weighted by Gasteiger charge is 2.36. The van der Waals surface area contributed by atoms with Crippen molar-refractivity contribution >= 4 is 21.6 Å². The van der Waals surface area contributed by atoms with Crippen molar-refractivity contribution < 1.29 is 17.6 Å². The summed E-state index contributed by atoms with van der Waals surface area (Å²) in [4.78, 5) is 12.4. The lowest BCUT2D eigenvalue weighted by molar-refractivity contribution is 0.0939. The van der Waals surface area contributed by atoms with Crippen molar-refractivity contribution in [1.29, 1.82) is 0 Å².